The Morgan fingerprint density at radius 3 is 2.72 bits per heavy atom. The lowest BCUT2D eigenvalue weighted by molar-refractivity contribution is -0.137. The molecule has 0 aliphatic rings. The summed E-state index contributed by atoms with van der Waals surface area (Å²) in [5.41, 5.74) is -1.88. The van der Waals surface area contributed by atoms with Crippen LogP contribution < -0.4 is 10.7 Å². The smallest absolute Gasteiger partial charge is 0.416 e. The average molecular weight is 463 g/mol. The fraction of sp³-hybridized carbons (Fsp3) is 0.105. The van der Waals surface area contributed by atoms with E-state index in [4.69, 9.17) is 5.11 Å². The number of benzene rings is 1. The molecule has 1 aromatic carbocycles. The van der Waals surface area contributed by atoms with E-state index in [1.165, 1.54) is 29.3 Å². The van der Waals surface area contributed by atoms with Crippen LogP contribution in [0.2, 0.25) is 0 Å². The number of aliphatic carboxylic acids is 1. The number of hydrogen-bond donors (Lipinski definition) is 3. The fourth-order valence-corrected chi connectivity index (χ4v) is 4.05. The summed E-state index contributed by atoms with van der Waals surface area (Å²) in [4.78, 5) is 44.0. The molecule has 1 amide bonds. The number of alkyl halides is 3. The van der Waals surface area contributed by atoms with Crippen LogP contribution in [0.5, 0.6) is 0 Å². The lowest BCUT2D eigenvalue weighted by atomic mass is 10.1. The van der Waals surface area contributed by atoms with Gasteiger partial charge in [0.05, 0.1) is 5.56 Å². The van der Waals surface area contributed by atoms with Crippen molar-refractivity contribution in [3.05, 3.63) is 64.3 Å². The van der Waals surface area contributed by atoms with Crippen LogP contribution in [-0.4, -0.2) is 43.1 Å². The first-order valence-electron chi connectivity index (χ1n) is 8.87. The van der Waals surface area contributed by atoms with Crippen LogP contribution in [0.1, 0.15) is 15.9 Å². The van der Waals surface area contributed by atoms with Gasteiger partial charge >= 0.3 is 12.1 Å². The summed E-state index contributed by atoms with van der Waals surface area (Å²) in [5.74, 6) is -2.17. The monoisotopic (exact) mass is 463 g/mol. The van der Waals surface area contributed by atoms with Crippen LogP contribution >= 0.6 is 11.8 Å². The van der Waals surface area contributed by atoms with Gasteiger partial charge < -0.3 is 10.4 Å². The van der Waals surface area contributed by atoms with Gasteiger partial charge in [-0.05, 0) is 17.5 Å². The first-order chi connectivity index (χ1) is 15.1. The zero-order valence-corrected chi connectivity index (χ0v) is 16.6. The minimum absolute atomic E-state index is 0.0320. The van der Waals surface area contributed by atoms with Crippen molar-refractivity contribution in [3.63, 3.8) is 0 Å². The second-order valence-corrected chi connectivity index (χ2v) is 7.58. The second-order valence-electron chi connectivity index (χ2n) is 6.52. The van der Waals surface area contributed by atoms with Gasteiger partial charge in [-0.2, -0.15) is 13.2 Å². The summed E-state index contributed by atoms with van der Waals surface area (Å²) in [6.07, 6.45) is -0.503. The maximum absolute atomic E-state index is 13.0. The number of H-pyrrole nitrogens is 1. The van der Waals surface area contributed by atoms with Crippen LogP contribution in [0.4, 0.5) is 13.2 Å². The third-order valence-electron chi connectivity index (χ3n) is 4.42. The summed E-state index contributed by atoms with van der Waals surface area (Å²) in [6, 6.07) is 4.41. The Kier molecular flexibility index (Phi) is 5.34. The van der Waals surface area contributed by atoms with Gasteiger partial charge in [0.2, 0.25) is 0 Å². The van der Waals surface area contributed by atoms with Crippen molar-refractivity contribution in [2.75, 3.05) is 6.54 Å². The SMILES string of the molecule is O=C(O)CNC(=O)c1c(=O)cc(Sc2cncc3cc(C(F)(F)F)ccc23)n2[nH]cnc12. The predicted molar refractivity (Wildman–Crippen MR) is 107 cm³/mol. The zero-order chi connectivity index (χ0) is 23.0. The maximum Gasteiger partial charge on any atom is 0.416 e. The number of nitrogens with one attached hydrogen (secondary N) is 2. The minimum atomic E-state index is -4.50. The van der Waals surface area contributed by atoms with Gasteiger partial charge in [0.25, 0.3) is 5.91 Å². The van der Waals surface area contributed by atoms with Crippen molar-refractivity contribution >= 4 is 40.1 Å². The molecule has 9 nitrogen and oxygen atoms in total. The number of carbonyl (C=O) groups excluding carboxylic acids is 1. The molecule has 0 aliphatic heterocycles. The summed E-state index contributed by atoms with van der Waals surface area (Å²) in [6.45, 7) is -0.674. The van der Waals surface area contributed by atoms with Crippen LogP contribution in [0, 0.1) is 0 Å². The number of hydrogen-bond acceptors (Lipinski definition) is 6. The summed E-state index contributed by atoms with van der Waals surface area (Å²) in [7, 11) is 0. The van der Waals surface area contributed by atoms with Crippen LogP contribution in [0.3, 0.4) is 0 Å². The molecule has 3 N–H and O–H groups in total. The van der Waals surface area contributed by atoms with Gasteiger partial charge in [0.1, 0.15) is 23.5 Å². The Morgan fingerprint density at radius 2 is 2.00 bits per heavy atom. The van der Waals surface area contributed by atoms with Gasteiger partial charge in [-0.3, -0.25) is 24.5 Å². The number of pyridine rings is 2. The molecule has 0 unspecified atom stereocenters. The topological polar surface area (TPSA) is 129 Å². The zero-order valence-electron chi connectivity index (χ0n) is 15.8. The first kappa shape index (κ1) is 21.4. The van der Waals surface area contributed by atoms with E-state index in [2.05, 4.69) is 20.4 Å². The Bertz CT molecular complexity index is 1430. The number of amides is 1. The number of fused-ring (bicyclic) bond motifs is 2. The van der Waals surface area contributed by atoms with Gasteiger partial charge in [-0.1, -0.05) is 17.8 Å². The molecule has 0 saturated carbocycles. The number of nitrogens with zero attached hydrogens (tertiary/aromatic N) is 3. The maximum atomic E-state index is 13.0. The van der Waals surface area contributed by atoms with E-state index in [1.807, 2.05) is 0 Å². The first-order valence-corrected chi connectivity index (χ1v) is 9.69. The highest BCUT2D eigenvalue weighted by Gasteiger charge is 2.30. The number of carbonyl (C=O) groups is 2. The van der Waals surface area contributed by atoms with Gasteiger partial charge in [-0.15, -0.1) is 0 Å². The van der Waals surface area contributed by atoms with E-state index in [0.717, 1.165) is 30.0 Å². The molecule has 4 aromatic rings. The van der Waals surface area contributed by atoms with Gasteiger partial charge in [0.15, 0.2) is 11.1 Å². The second kappa shape index (κ2) is 8.00. The van der Waals surface area contributed by atoms with Crippen LogP contribution in [0.15, 0.2) is 57.7 Å². The van der Waals surface area contributed by atoms with E-state index >= 15 is 0 Å². The molecular weight excluding hydrogens is 451 g/mol. The Hall–Kier alpha value is -3.87. The number of aromatic nitrogens is 4. The number of aromatic amines is 1. The number of halogens is 3. The molecule has 164 valence electrons. The van der Waals surface area contributed by atoms with E-state index in [0.29, 0.717) is 15.3 Å². The summed E-state index contributed by atoms with van der Waals surface area (Å²) < 4.78 is 40.4. The highest BCUT2D eigenvalue weighted by Crippen LogP contribution is 2.36. The van der Waals surface area contributed by atoms with E-state index in [1.54, 1.807) is 0 Å². The number of carboxylic acids is 1. The van der Waals surface area contributed by atoms with Crippen molar-refractivity contribution in [1.82, 2.24) is 24.9 Å². The molecular formula is C19H12F3N5O4S. The summed E-state index contributed by atoms with van der Waals surface area (Å²) in [5, 5.41) is 14.6. The number of rotatable bonds is 5. The molecule has 0 fully saturated rings. The quantitative estimate of drug-likeness (QED) is 0.415. The molecule has 0 bridgehead atoms. The van der Waals surface area contributed by atoms with E-state index in [9.17, 15) is 27.6 Å². The molecule has 3 aromatic heterocycles. The molecule has 4 rings (SSSR count). The largest absolute Gasteiger partial charge is 0.480 e. The summed E-state index contributed by atoms with van der Waals surface area (Å²) >= 11 is 1.04. The molecule has 13 heteroatoms. The van der Waals surface area contributed by atoms with Crippen LogP contribution in [0.25, 0.3) is 16.4 Å². The fourth-order valence-electron chi connectivity index (χ4n) is 3.02. The molecule has 0 saturated heterocycles. The van der Waals surface area contributed by atoms with Crippen molar-refractivity contribution in [2.24, 2.45) is 0 Å². The van der Waals surface area contributed by atoms with E-state index < -0.39 is 35.6 Å². The van der Waals surface area contributed by atoms with Crippen molar-refractivity contribution < 1.29 is 27.9 Å². The van der Waals surface area contributed by atoms with Crippen molar-refractivity contribution in [2.45, 2.75) is 16.1 Å². The Morgan fingerprint density at radius 1 is 1.22 bits per heavy atom. The highest BCUT2D eigenvalue weighted by molar-refractivity contribution is 7.99. The average Bonchev–Trinajstić information content (AvgIpc) is 3.21. The van der Waals surface area contributed by atoms with Gasteiger partial charge in [-0.25, -0.2) is 9.50 Å². The van der Waals surface area contributed by atoms with Crippen molar-refractivity contribution in [1.29, 1.82) is 0 Å². The molecule has 0 aliphatic carbocycles. The molecule has 32 heavy (non-hydrogen) atoms. The Balaban J connectivity index is 1.76. The minimum Gasteiger partial charge on any atom is -0.480 e. The van der Waals surface area contributed by atoms with Gasteiger partial charge in [0, 0.05) is 28.7 Å². The van der Waals surface area contributed by atoms with E-state index in [-0.39, 0.29) is 16.6 Å². The number of carboxylic acid groups (broad SMARTS) is 1. The standard InChI is InChI=1S/C19H12F3N5O4S/c20-19(21,22)10-1-2-11-9(3-10)5-23-6-13(11)32-14-4-12(28)16(17-25-8-26-27(14)17)18(31)24-7-15(29)30/h1-6,8H,7H2,(H,24,31)(H,25,26)(H,29,30). The third-order valence-corrected chi connectivity index (χ3v) is 5.48. The third kappa shape index (κ3) is 4.01. The molecule has 3 heterocycles. The predicted octanol–water partition coefficient (Wildman–Crippen LogP) is 2.56. The van der Waals surface area contributed by atoms with Crippen LogP contribution in [-0.2, 0) is 11.0 Å². The lowest BCUT2D eigenvalue weighted by Gasteiger charge is -2.11. The highest BCUT2D eigenvalue weighted by atomic mass is 32.2. The lowest BCUT2D eigenvalue weighted by Crippen LogP contribution is -2.33. The molecule has 0 spiro atoms. The molecule has 0 atom stereocenters. The van der Waals surface area contributed by atoms with Crippen molar-refractivity contribution in [3.8, 4) is 0 Å². The normalized spacial score (nSPS) is 11.7. The Labute approximate surface area is 180 Å². The molecule has 0 radical (unpaired) electrons.